The van der Waals surface area contributed by atoms with E-state index in [1.807, 2.05) is 6.07 Å². The van der Waals surface area contributed by atoms with Crippen molar-refractivity contribution in [2.45, 2.75) is 71.2 Å². The summed E-state index contributed by atoms with van der Waals surface area (Å²) in [6, 6.07) is 6.18. The predicted octanol–water partition coefficient (Wildman–Crippen LogP) is 5.33. The molecule has 1 atom stereocenters. The normalized spacial score (nSPS) is 17.9. The lowest BCUT2D eigenvalue weighted by Crippen LogP contribution is -2.50. The maximum absolute atomic E-state index is 6.77. The third-order valence-electron chi connectivity index (χ3n) is 4.98. The van der Waals surface area contributed by atoms with Crippen molar-refractivity contribution in [1.82, 2.24) is 0 Å². The molecule has 1 fully saturated rings. The van der Waals surface area contributed by atoms with E-state index in [1.165, 1.54) is 0 Å². The molecule has 1 aliphatic heterocycles. The molecule has 0 bridgehead atoms. The van der Waals surface area contributed by atoms with Crippen molar-refractivity contribution >= 4 is 8.32 Å². The zero-order valence-corrected chi connectivity index (χ0v) is 16.7. The Labute approximate surface area is 142 Å². The van der Waals surface area contributed by atoms with E-state index in [4.69, 9.17) is 13.9 Å². The van der Waals surface area contributed by atoms with Crippen molar-refractivity contribution in [2.75, 3.05) is 13.2 Å². The van der Waals surface area contributed by atoms with Crippen molar-refractivity contribution in [3.05, 3.63) is 23.8 Å². The molecule has 1 heterocycles. The lowest BCUT2D eigenvalue weighted by atomic mass is 10.2. The Morgan fingerprint density at radius 2 is 1.65 bits per heavy atom. The molecule has 0 spiro atoms. The second-order valence-electron chi connectivity index (χ2n) is 7.61. The molecule has 0 amide bonds. The van der Waals surface area contributed by atoms with E-state index in [1.54, 1.807) is 0 Å². The van der Waals surface area contributed by atoms with Crippen LogP contribution in [0.2, 0.25) is 16.6 Å². The van der Waals surface area contributed by atoms with Gasteiger partial charge in [-0.1, -0.05) is 41.5 Å². The largest absolute Gasteiger partial charge is 0.543 e. The first-order valence-corrected chi connectivity index (χ1v) is 11.0. The number of hydrogen-bond acceptors (Lipinski definition) is 3. The van der Waals surface area contributed by atoms with E-state index in [9.17, 15) is 0 Å². The fourth-order valence-electron chi connectivity index (χ4n) is 3.72. The summed E-state index contributed by atoms with van der Waals surface area (Å²) < 4.78 is 17.7. The van der Waals surface area contributed by atoms with Crippen LogP contribution in [-0.4, -0.2) is 27.6 Å². The van der Waals surface area contributed by atoms with E-state index in [2.05, 4.69) is 60.6 Å². The van der Waals surface area contributed by atoms with E-state index >= 15 is 0 Å². The van der Waals surface area contributed by atoms with Gasteiger partial charge in [-0.15, -0.1) is 0 Å². The van der Waals surface area contributed by atoms with E-state index in [0.29, 0.717) is 23.2 Å². The quantitative estimate of drug-likeness (QED) is 0.475. The molecule has 2 rings (SSSR count). The molecule has 0 saturated carbocycles. The second-order valence-corrected chi connectivity index (χ2v) is 13.0. The number of benzene rings is 1. The molecular weight excluding hydrogens is 304 g/mol. The molecule has 3 nitrogen and oxygen atoms in total. The first kappa shape index (κ1) is 18.3. The first-order valence-electron chi connectivity index (χ1n) is 8.81. The highest BCUT2D eigenvalue weighted by atomic mass is 28.4. The Morgan fingerprint density at radius 1 is 1.09 bits per heavy atom. The molecule has 1 aromatic carbocycles. The van der Waals surface area contributed by atoms with Gasteiger partial charge in [-0.05, 0) is 47.3 Å². The molecule has 130 valence electrons. The minimum absolute atomic E-state index is 0.286. The maximum Gasteiger partial charge on any atom is 0.258 e. The maximum atomic E-state index is 6.77. The summed E-state index contributed by atoms with van der Waals surface area (Å²) >= 11 is 0. The van der Waals surface area contributed by atoms with Crippen LogP contribution in [0.15, 0.2) is 18.2 Å². The van der Waals surface area contributed by atoms with Gasteiger partial charge in [0.25, 0.3) is 8.32 Å². The smallest absolute Gasteiger partial charge is 0.258 e. The second kappa shape index (κ2) is 7.26. The Hall–Kier alpha value is -1.00. The summed E-state index contributed by atoms with van der Waals surface area (Å²) in [5, 5.41) is 0. The highest BCUT2D eigenvalue weighted by molar-refractivity contribution is 6.78. The molecule has 23 heavy (non-hydrogen) atoms. The van der Waals surface area contributed by atoms with Gasteiger partial charge in [-0.2, -0.15) is 0 Å². The van der Waals surface area contributed by atoms with Crippen LogP contribution in [-0.2, 0) is 4.74 Å². The van der Waals surface area contributed by atoms with Crippen molar-refractivity contribution < 1.29 is 13.9 Å². The molecule has 0 aliphatic carbocycles. The number of rotatable bonds is 8. The van der Waals surface area contributed by atoms with Gasteiger partial charge >= 0.3 is 0 Å². The summed E-state index contributed by atoms with van der Waals surface area (Å²) in [6.45, 7) is 17.5. The minimum atomic E-state index is -1.90. The fraction of sp³-hybridized carbons (Fsp3) is 0.684. The zero-order chi connectivity index (χ0) is 17.2. The molecule has 0 radical (unpaired) electrons. The molecule has 4 heteroatoms. The average molecular weight is 337 g/mol. The molecule has 0 N–H and O–H groups in total. The molecule has 0 unspecified atom stereocenters. The summed E-state index contributed by atoms with van der Waals surface area (Å²) in [7, 11) is -1.90. The Morgan fingerprint density at radius 3 is 2.09 bits per heavy atom. The lowest BCUT2D eigenvalue weighted by molar-refractivity contribution is 0.262. The Kier molecular flexibility index (Phi) is 5.79. The summed E-state index contributed by atoms with van der Waals surface area (Å²) in [4.78, 5) is 0. The van der Waals surface area contributed by atoms with Gasteiger partial charge in [0.1, 0.15) is 24.2 Å². The van der Waals surface area contributed by atoms with E-state index in [-0.39, 0.29) is 6.10 Å². The highest BCUT2D eigenvalue weighted by Crippen LogP contribution is 2.43. The molecule has 1 aromatic rings. The van der Waals surface area contributed by atoms with Crippen LogP contribution < -0.4 is 9.16 Å². The topological polar surface area (TPSA) is 31.0 Å². The molecule has 0 aromatic heterocycles. The van der Waals surface area contributed by atoms with Crippen molar-refractivity contribution in [3.8, 4) is 11.5 Å². The van der Waals surface area contributed by atoms with Gasteiger partial charge in [-0.25, -0.2) is 0 Å². The Balaban J connectivity index is 2.18. The third kappa shape index (κ3) is 4.10. The van der Waals surface area contributed by atoms with Crippen molar-refractivity contribution in [3.63, 3.8) is 0 Å². The summed E-state index contributed by atoms with van der Waals surface area (Å²) in [5.74, 6) is 1.92. The highest BCUT2D eigenvalue weighted by Gasteiger charge is 2.47. The van der Waals surface area contributed by atoms with Gasteiger partial charge in [-0.3, -0.25) is 0 Å². The van der Waals surface area contributed by atoms with Gasteiger partial charge in [0.2, 0.25) is 0 Å². The number of aryl methyl sites for hydroxylation is 1. The van der Waals surface area contributed by atoms with Gasteiger partial charge < -0.3 is 13.9 Å². The van der Waals surface area contributed by atoms with Crippen LogP contribution in [0.25, 0.3) is 0 Å². The van der Waals surface area contributed by atoms with Gasteiger partial charge in [0.05, 0.1) is 6.61 Å². The molecule has 1 saturated heterocycles. The van der Waals surface area contributed by atoms with Gasteiger partial charge in [0.15, 0.2) is 0 Å². The third-order valence-corrected chi connectivity index (χ3v) is 11.0. The average Bonchev–Trinajstić information content (AvgIpc) is 3.27. The predicted molar refractivity (Wildman–Crippen MR) is 98.1 cm³/mol. The van der Waals surface area contributed by atoms with Crippen LogP contribution in [0, 0.1) is 6.92 Å². The Bertz CT molecular complexity index is 500. The van der Waals surface area contributed by atoms with E-state index in [0.717, 1.165) is 23.7 Å². The first-order chi connectivity index (χ1) is 10.8. The number of ether oxygens (including phenoxy) is 2. The number of epoxide rings is 1. The van der Waals surface area contributed by atoms with Gasteiger partial charge in [0, 0.05) is 0 Å². The minimum Gasteiger partial charge on any atom is -0.543 e. The lowest BCUT2D eigenvalue weighted by Gasteiger charge is -2.42. The summed E-state index contributed by atoms with van der Waals surface area (Å²) in [6.07, 6.45) is 0.286. The number of hydrogen-bond donors (Lipinski definition) is 0. The van der Waals surface area contributed by atoms with Crippen LogP contribution in [0.4, 0.5) is 0 Å². The standard InChI is InChI=1S/C19H32O3Si/c1-13(2)23(14(3)4,15(5)6)22-19-9-8-17(10-16(19)7)20-11-18-12-21-18/h8-10,13-15,18H,11-12H2,1-7H3/t18-/m1/s1. The molecule has 1 aliphatic rings. The fourth-order valence-corrected chi connectivity index (χ4v) is 9.04. The zero-order valence-electron chi connectivity index (χ0n) is 15.7. The van der Waals surface area contributed by atoms with Crippen molar-refractivity contribution in [2.24, 2.45) is 0 Å². The SMILES string of the molecule is Cc1cc(OC[C@@H]2CO2)ccc1O[Si](C(C)C)(C(C)C)C(C)C. The van der Waals surface area contributed by atoms with Crippen LogP contribution in [0.5, 0.6) is 11.5 Å². The van der Waals surface area contributed by atoms with Crippen LogP contribution >= 0.6 is 0 Å². The van der Waals surface area contributed by atoms with Crippen molar-refractivity contribution in [1.29, 1.82) is 0 Å². The van der Waals surface area contributed by atoms with E-state index < -0.39 is 8.32 Å². The van der Waals surface area contributed by atoms with Crippen LogP contribution in [0.1, 0.15) is 47.1 Å². The summed E-state index contributed by atoms with van der Waals surface area (Å²) in [5.41, 5.74) is 2.87. The monoisotopic (exact) mass is 336 g/mol. The molecular formula is C19H32O3Si. The van der Waals surface area contributed by atoms with Crippen LogP contribution in [0.3, 0.4) is 0 Å².